The summed E-state index contributed by atoms with van der Waals surface area (Å²) in [5.74, 6) is -0.841. The average molecular weight is 419 g/mol. The molecule has 1 fully saturated rings. The van der Waals surface area contributed by atoms with Crippen LogP contribution in [0.4, 0.5) is 4.79 Å². The predicted molar refractivity (Wildman–Crippen MR) is 115 cm³/mol. The Bertz CT molecular complexity index is 753. The quantitative estimate of drug-likeness (QED) is 0.561. The molecule has 0 spiro atoms. The molecule has 1 aromatic rings. The van der Waals surface area contributed by atoms with E-state index in [1.54, 1.807) is 23.1 Å². The SMILES string of the molecule is CC(C)(C)OC(=O)C(Cc1cccc(B(O)O)c1)C1CCN(C(=O)OC(C)(C)C)C1. The molecule has 8 heteroatoms. The summed E-state index contributed by atoms with van der Waals surface area (Å²) < 4.78 is 11.1. The monoisotopic (exact) mass is 419 g/mol. The van der Waals surface area contributed by atoms with E-state index in [1.807, 2.05) is 47.6 Å². The van der Waals surface area contributed by atoms with E-state index in [1.165, 1.54) is 0 Å². The molecular weight excluding hydrogens is 385 g/mol. The van der Waals surface area contributed by atoms with Gasteiger partial charge < -0.3 is 24.4 Å². The molecule has 2 atom stereocenters. The van der Waals surface area contributed by atoms with Gasteiger partial charge in [-0.2, -0.15) is 0 Å². The maximum absolute atomic E-state index is 13.0. The van der Waals surface area contributed by atoms with Gasteiger partial charge in [0, 0.05) is 13.1 Å². The van der Waals surface area contributed by atoms with Gasteiger partial charge in [0.1, 0.15) is 11.2 Å². The van der Waals surface area contributed by atoms with Crippen LogP contribution in [0.25, 0.3) is 0 Å². The van der Waals surface area contributed by atoms with Gasteiger partial charge in [-0.05, 0) is 71.3 Å². The molecule has 1 aromatic carbocycles. The highest BCUT2D eigenvalue weighted by atomic mass is 16.6. The summed E-state index contributed by atoms with van der Waals surface area (Å²) in [6.45, 7) is 11.9. The topological polar surface area (TPSA) is 96.3 Å². The first-order chi connectivity index (χ1) is 13.7. The number of esters is 1. The highest BCUT2D eigenvalue weighted by molar-refractivity contribution is 6.58. The summed E-state index contributed by atoms with van der Waals surface area (Å²) in [6, 6.07) is 6.89. The minimum atomic E-state index is -1.57. The highest BCUT2D eigenvalue weighted by Crippen LogP contribution is 2.30. The lowest BCUT2D eigenvalue weighted by molar-refractivity contribution is -0.161. The van der Waals surface area contributed by atoms with Gasteiger partial charge >= 0.3 is 19.2 Å². The Morgan fingerprint density at radius 2 is 1.77 bits per heavy atom. The zero-order chi connectivity index (χ0) is 22.7. The second kappa shape index (κ2) is 9.39. The van der Waals surface area contributed by atoms with E-state index in [-0.39, 0.29) is 18.0 Å². The molecule has 2 unspecified atom stereocenters. The summed E-state index contributed by atoms with van der Waals surface area (Å²) in [7, 11) is -1.57. The zero-order valence-corrected chi connectivity index (χ0v) is 18.8. The van der Waals surface area contributed by atoms with Crippen LogP contribution in [0.1, 0.15) is 53.5 Å². The maximum atomic E-state index is 13.0. The molecule has 166 valence electrons. The second-order valence-corrected chi connectivity index (χ2v) is 9.94. The highest BCUT2D eigenvalue weighted by Gasteiger charge is 2.39. The van der Waals surface area contributed by atoms with Crippen molar-refractivity contribution in [3.8, 4) is 0 Å². The lowest BCUT2D eigenvalue weighted by Crippen LogP contribution is -2.38. The van der Waals surface area contributed by atoms with E-state index in [4.69, 9.17) is 9.47 Å². The van der Waals surface area contributed by atoms with Crippen LogP contribution >= 0.6 is 0 Å². The lowest BCUT2D eigenvalue weighted by Gasteiger charge is -2.28. The van der Waals surface area contributed by atoms with Crippen molar-refractivity contribution in [1.29, 1.82) is 0 Å². The van der Waals surface area contributed by atoms with Crippen molar-refractivity contribution >= 4 is 24.6 Å². The van der Waals surface area contributed by atoms with Gasteiger partial charge in [0.25, 0.3) is 0 Å². The number of rotatable bonds is 5. The van der Waals surface area contributed by atoms with E-state index in [9.17, 15) is 19.6 Å². The number of carbonyl (C=O) groups excluding carboxylic acids is 2. The van der Waals surface area contributed by atoms with Crippen LogP contribution in [0, 0.1) is 11.8 Å². The molecular formula is C22H34BNO6. The van der Waals surface area contributed by atoms with Crippen molar-refractivity contribution in [3.05, 3.63) is 29.8 Å². The van der Waals surface area contributed by atoms with Crippen LogP contribution < -0.4 is 5.46 Å². The molecule has 1 heterocycles. The Morgan fingerprint density at radius 1 is 1.13 bits per heavy atom. The van der Waals surface area contributed by atoms with Crippen molar-refractivity contribution in [2.75, 3.05) is 13.1 Å². The number of hydrogen-bond donors (Lipinski definition) is 2. The maximum Gasteiger partial charge on any atom is 0.488 e. The molecule has 0 saturated carbocycles. The standard InChI is InChI=1S/C22H34BNO6/c1-21(2,3)29-19(25)18(13-15-8-7-9-17(12-15)23(27)28)16-10-11-24(14-16)20(26)30-22(4,5)6/h7-9,12,16,18,27-28H,10-11,13-14H2,1-6H3. The Balaban J connectivity index is 2.19. The zero-order valence-electron chi connectivity index (χ0n) is 18.8. The summed E-state index contributed by atoms with van der Waals surface area (Å²) in [6.07, 6.45) is 0.687. The Labute approximate surface area is 179 Å². The van der Waals surface area contributed by atoms with Gasteiger partial charge in [0.15, 0.2) is 0 Å². The number of ether oxygens (including phenoxy) is 2. The first kappa shape index (κ1) is 24.2. The Hall–Kier alpha value is -2.06. The third kappa shape index (κ3) is 7.33. The number of benzene rings is 1. The summed E-state index contributed by atoms with van der Waals surface area (Å²) in [5.41, 5.74) is -0.0165. The fraction of sp³-hybridized carbons (Fsp3) is 0.636. The molecule has 1 amide bonds. The summed E-state index contributed by atoms with van der Waals surface area (Å²) in [5, 5.41) is 18.9. The van der Waals surface area contributed by atoms with Crippen molar-refractivity contribution in [2.45, 2.75) is 65.6 Å². The number of likely N-dealkylation sites (tertiary alicyclic amines) is 1. The van der Waals surface area contributed by atoms with Crippen LogP contribution in [0.2, 0.25) is 0 Å². The van der Waals surface area contributed by atoms with Gasteiger partial charge in [-0.3, -0.25) is 4.79 Å². The van der Waals surface area contributed by atoms with Crippen molar-refractivity contribution in [2.24, 2.45) is 11.8 Å². The van der Waals surface area contributed by atoms with E-state index >= 15 is 0 Å². The van der Waals surface area contributed by atoms with Crippen molar-refractivity contribution in [3.63, 3.8) is 0 Å². The summed E-state index contributed by atoms with van der Waals surface area (Å²) in [4.78, 5) is 27.1. The third-order valence-corrected chi connectivity index (χ3v) is 4.86. The number of hydrogen-bond acceptors (Lipinski definition) is 6. The third-order valence-electron chi connectivity index (χ3n) is 4.86. The minimum absolute atomic E-state index is 0.0740. The van der Waals surface area contributed by atoms with E-state index in [0.717, 1.165) is 5.56 Å². The number of amides is 1. The van der Waals surface area contributed by atoms with Gasteiger partial charge in [-0.15, -0.1) is 0 Å². The molecule has 1 aliphatic heterocycles. The fourth-order valence-corrected chi connectivity index (χ4v) is 3.56. The molecule has 0 bridgehead atoms. The van der Waals surface area contributed by atoms with Crippen molar-refractivity contribution < 1.29 is 29.1 Å². The predicted octanol–water partition coefficient (Wildman–Crippen LogP) is 2.12. The average Bonchev–Trinajstić information content (AvgIpc) is 3.06. The van der Waals surface area contributed by atoms with Gasteiger partial charge in [0.2, 0.25) is 0 Å². The molecule has 30 heavy (non-hydrogen) atoms. The van der Waals surface area contributed by atoms with Crippen LogP contribution in [-0.4, -0.2) is 58.4 Å². The second-order valence-electron chi connectivity index (χ2n) is 9.94. The van der Waals surface area contributed by atoms with Crippen LogP contribution in [0.5, 0.6) is 0 Å². The largest absolute Gasteiger partial charge is 0.488 e. The number of carbonyl (C=O) groups is 2. The number of nitrogens with zero attached hydrogens (tertiary/aromatic N) is 1. The molecule has 0 aliphatic carbocycles. The lowest BCUT2D eigenvalue weighted by atomic mass is 9.78. The van der Waals surface area contributed by atoms with E-state index in [2.05, 4.69) is 0 Å². The van der Waals surface area contributed by atoms with Crippen LogP contribution in [0.3, 0.4) is 0 Å². The Morgan fingerprint density at radius 3 is 2.33 bits per heavy atom. The normalized spacial score (nSPS) is 18.1. The summed E-state index contributed by atoms with van der Waals surface area (Å²) >= 11 is 0. The molecule has 0 radical (unpaired) electrons. The molecule has 2 N–H and O–H groups in total. The molecule has 1 saturated heterocycles. The van der Waals surface area contributed by atoms with Crippen LogP contribution in [0.15, 0.2) is 24.3 Å². The van der Waals surface area contributed by atoms with Gasteiger partial charge in [-0.25, -0.2) is 4.79 Å². The van der Waals surface area contributed by atoms with Crippen LogP contribution in [-0.2, 0) is 20.7 Å². The molecule has 7 nitrogen and oxygen atoms in total. The van der Waals surface area contributed by atoms with E-state index in [0.29, 0.717) is 31.4 Å². The molecule has 2 rings (SSSR count). The van der Waals surface area contributed by atoms with Crippen molar-refractivity contribution in [1.82, 2.24) is 4.90 Å². The van der Waals surface area contributed by atoms with E-state index < -0.39 is 24.2 Å². The minimum Gasteiger partial charge on any atom is -0.460 e. The van der Waals surface area contributed by atoms with Gasteiger partial charge in [-0.1, -0.05) is 24.3 Å². The Kier molecular flexibility index (Phi) is 7.58. The molecule has 0 aromatic heterocycles. The fourth-order valence-electron chi connectivity index (χ4n) is 3.56. The molecule has 1 aliphatic rings. The van der Waals surface area contributed by atoms with Gasteiger partial charge in [0.05, 0.1) is 5.92 Å². The first-order valence-electron chi connectivity index (χ1n) is 10.4. The first-order valence-corrected chi connectivity index (χ1v) is 10.4. The smallest absolute Gasteiger partial charge is 0.460 e.